The van der Waals surface area contributed by atoms with Crippen LogP contribution in [-0.4, -0.2) is 5.91 Å². The third-order valence-corrected chi connectivity index (χ3v) is 2.62. The van der Waals surface area contributed by atoms with E-state index in [2.05, 4.69) is 5.32 Å². The highest BCUT2D eigenvalue weighted by Crippen LogP contribution is 2.16. The summed E-state index contributed by atoms with van der Waals surface area (Å²) < 4.78 is 18.4. The van der Waals surface area contributed by atoms with Gasteiger partial charge in [-0.15, -0.1) is 0 Å². The molecule has 18 heavy (non-hydrogen) atoms. The van der Waals surface area contributed by atoms with Gasteiger partial charge in [0.15, 0.2) is 0 Å². The fraction of sp³-hybridized carbons (Fsp3) is 0.214. The van der Waals surface area contributed by atoms with Gasteiger partial charge in [-0.25, -0.2) is 4.39 Å². The zero-order valence-electron chi connectivity index (χ0n) is 10.2. The van der Waals surface area contributed by atoms with Crippen LogP contribution in [0.4, 0.5) is 4.39 Å². The van der Waals surface area contributed by atoms with Crippen LogP contribution < -0.4 is 5.32 Å². The number of carbonyl (C=O) groups is 1. The molecule has 2 aromatic rings. The van der Waals surface area contributed by atoms with Gasteiger partial charge >= 0.3 is 0 Å². The molecule has 0 saturated heterocycles. The lowest BCUT2D eigenvalue weighted by atomic mass is 10.2. The number of hydrogen-bond donors (Lipinski definition) is 1. The fourth-order valence-corrected chi connectivity index (χ4v) is 1.67. The molecule has 4 heteroatoms. The molecule has 0 aliphatic heterocycles. The molecule has 2 rings (SSSR count). The molecule has 1 N–H and O–H groups in total. The molecule has 1 heterocycles. The zero-order valence-corrected chi connectivity index (χ0v) is 10.2. The Bertz CT molecular complexity index is 562. The quantitative estimate of drug-likeness (QED) is 0.904. The largest absolute Gasteiger partial charge is 0.464 e. The minimum Gasteiger partial charge on any atom is -0.464 e. The topological polar surface area (TPSA) is 42.2 Å². The molecule has 0 fully saturated rings. The van der Waals surface area contributed by atoms with E-state index in [1.807, 2.05) is 26.0 Å². The van der Waals surface area contributed by atoms with Crippen LogP contribution in [0.1, 0.15) is 34.8 Å². The van der Waals surface area contributed by atoms with E-state index in [1.165, 1.54) is 18.2 Å². The Morgan fingerprint density at radius 1 is 1.33 bits per heavy atom. The van der Waals surface area contributed by atoms with Crippen LogP contribution >= 0.6 is 0 Å². The molecule has 94 valence electrons. The van der Waals surface area contributed by atoms with E-state index in [0.717, 1.165) is 5.76 Å². The molecule has 0 bridgehead atoms. The highest BCUT2D eigenvalue weighted by Gasteiger charge is 2.14. The monoisotopic (exact) mass is 247 g/mol. The van der Waals surface area contributed by atoms with Gasteiger partial charge in [0.2, 0.25) is 0 Å². The molecular weight excluding hydrogens is 233 g/mol. The van der Waals surface area contributed by atoms with Crippen molar-refractivity contribution < 1.29 is 13.6 Å². The van der Waals surface area contributed by atoms with Crippen LogP contribution in [0.25, 0.3) is 0 Å². The highest BCUT2D eigenvalue weighted by atomic mass is 19.1. The van der Waals surface area contributed by atoms with E-state index in [-0.39, 0.29) is 11.9 Å². The zero-order chi connectivity index (χ0) is 13.1. The molecule has 3 nitrogen and oxygen atoms in total. The Morgan fingerprint density at radius 2 is 2.11 bits per heavy atom. The van der Waals surface area contributed by atoms with Crippen LogP contribution in [0.3, 0.4) is 0 Å². The van der Waals surface area contributed by atoms with E-state index in [1.54, 1.807) is 6.07 Å². The number of amides is 1. The van der Waals surface area contributed by atoms with Gasteiger partial charge in [0.05, 0.1) is 6.04 Å². The van der Waals surface area contributed by atoms with E-state index in [9.17, 15) is 9.18 Å². The van der Waals surface area contributed by atoms with E-state index in [0.29, 0.717) is 11.3 Å². The van der Waals surface area contributed by atoms with E-state index >= 15 is 0 Å². The number of aryl methyl sites for hydroxylation is 1. The SMILES string of the molecule is Cc1ccc(C(C)NC(=O)c2cccc(F)c2)o1. The van der Waals surface area contributed by atoms with Gasteiger partial charge in [0.1, 0.15) is 17.3 Å². The van der Waals surface area contributed by atoms with Crippen molar-refractivity contribution in [3.8, 4) is 0 Å². The Labute approximate surface area is 105 Å². The average molecular weight is 247 g/mol. The molecule has 0 aliphatic rings. The smallest absolute Gasteiger partial charge is 0.251 e. The maximum atomic E-state index is 13.0. The number of nitrogens with one attached hydrogen (secondary N) is 1. The van der Waals surface area contributed by atoms with Crippen molar-refractivity contribution in [3.63, 3.8) is 0 Å². The molecule has 0 radical (unpaired) electrons. The van der Waals surface area contributed by atoms with Gasteiger partial charge in [-0.3, -0.25) is 4.79 Å². The van der Waals surface area contributed by atoms with Gasteiger partial charge in [-0.2, -0.15) is 0 Å². The predicted molar refractivity (Wildman–Crippen MR) is 65.7 cm³/mol. The van der Waals surface area contributed by atoms with Crippen molar-refractivity contribution in [3.05, 3.63) is 59.3 Å². The summed E-state index contributed by atoms with van der Waals surface area (Å²) in [5.41, 5.74) is 0.296. The van der Waals surface area contributed by atoms with Crippen LogP contribution in [0.5, 0.6) is 0 Å². The Hall–Kier alpha value is -2.10. The molecule has 1 amide bonds. The third-order valence-electron chi connectivity index (χ3n) is 2.62. The Balaban J connectivity index is 2.08. The van der Waals surface area contributed by atoms with E-state index in [4.69, 9.17) is 4.42 Å². The average Bonchev–Trinajstić information content (AvgIpc) is 2.76. The summed E-state index contributed by atoms with van der Waals surface area (Å²) in [5, 5.41) is 2.75. The summed E-state index contributed by atoms with van der Waals surface area (Å²) in [5.74, 6) is 0.717. The summed E-state index contributed by atoms with van der Waals surface area (Å²) in [6.45, 7) is 3.65. The van der Waals surface area contributed by atoms with Crippen LogP contribution in [0.2, 0.25) is 0 Å². The first-order valence-corrected chi connectivity index (χ1v) is 5.69. The van der Waals surface area contributed by atoms with Gasteiger partial charge in [-0.1, -0.05) is 6.07 Å². The van der Waals surface area contributed by atoms with Gasteiger partial charge < -0.3 is 9.73 Å². The van der Waals surface area contributed by atoms with Crippen LogP contribution in [0, 0.1) is 12.7 Å². The fourth-order valence-electron chi connectivity index (χ4n) is 1.67. The number of hydrogen-bond acceptors (Lipinski definition) is 2. The lowest BCUT2D eigenvalue weighted by molar-refractivity contribution is 0.0934. The maximum absolute atomic E-state index is 13.0. The summed E-state index contributed by atoms with van der Waals surface area (Å²) in [4.78, 5) is 11.9. The molecule has 1 atom stereocenters. The Morgan fingerprint density at radius 3 is 2.72 bits per heavy atom. The van der Waals surface area contributed by atoms with Crippen molar-refractivity contribution in [2.75, 3.05) is 0 Å². The minimum atomic E-state index is -0.427. The van der Waals surface area contributed by atoms with Crippen molar-refractivity contribution in [2.24, 2.45) is 0 Å². The maximum Gasteiger partial charge on any atom is 0.251 e. The number of rotatable bonds is 3. The lowest BCUT2D eigenvalue weighted by Crippen LogP contribution is -2.26. The van der Waals surface area contributed by atoms with Crippen molar-refractivity contribution in [1.29, 1.82) is 0 Å². The summed E-state index contributed by atoms with van der Waals surface area (Å²) in [7, 11) is 0. The molecule has 0 saturated carbocycles. The number of carbonyl (C=O) groups excluding carboxylic acids is 1. The standard InChI is InChI=1S/C14H14FNO2/c1-9-6-7-13(18-9)10(2)16-14(17)11-4-3-5-12(15)8-11/h3-8,10H,1-2H3,(H,16,17). The molecule has 0 spiro atoms. The highest BCUT2D eigenvalue weighted by molar-refractivity contribution is 5.94. The summed E-state index contributed by atoms with van der Waals surface area (Å²) in [6.07, 6.45) is 0. The van der Waals surface area contributed by atoms with Gasteiger partial charge in [-0.05, 0) is 44.2 Å². The number of halogens is 1. The second kappa shape index (κ2) is 5.04. The van der Waals surface area contributed by atoms with Crippen molar-refractivity contribution in [2.45, 2.75) is 19.9 Å². The Kier molecular flexibility index (Phi) is 3.46. The first-order valence-electron chi connectivity index (χ1n) is 5.69. The number of benzene rings is 1. The van der Waals surface area contributed by atoms with Crippen molar-refractivity contribution in [1.82, 2.24) is 5.32 Å². The molecule has 1 aromatic heterocycles. The first kappa shape index (κ1) is 12.4. The molecule has 0 aliphatic carbocycles. The normalized spacial score (nSPS) is 12.2. The summed E-state index contributed by atoms with van der Waals surface area (Å²) >= 11 is 0. The van der Waals surface area contributed by atoms with Crippen LogP contribution in [0.15, 0.2) is 40.8 Å². The van der Waals surface area contributed by atoms with Crippen LogP contribution in [-0.2, 0) is 0 Å². The summed E-state index contributed by atoms with van der Waals surface area (Å²) in [6, 6.07) is 8.97. The third kappa shape index (κ3) is 2.77. The van der Waals surface area contributed by atoms with Gasteiger partial charge in [0, 0.05) is 5.56 Å². The lowest BCUT2D eigenvalue weighted by Gasteiger charge is -2.11. The first-order chi connectivity index (χ1) is 8.56. The van der Waals surface area contributed by atoms with Crippen molar-refractivity contribution >= 4 is 5.91 Å². The van der Waals surface area contributed by atoms with E-state index < -0.39 is 5.82 Å². The molecule has 1 unspecified atom stereocenters. The second-order valence-electron chi connectivity index (χ2n) is 4.15. The van der Waals surface area contributed by atoms with Gasteiger partial charge in [0.25, 0.3) is 5.91 Å². The number of furan rings is 1. The minimum absolute atomic E-state index is 0.255. The predicted octanol–water partition coefficient (Wildman–Crippen LogP) is 3.22. The second-order valence-corrected chi connectivity index (χ2v) is 4.15. The molecule has 1 aromatic carbocycles. The molecular formula is C14H14FNO2.